The van der Waals surface area contributed by atoms with E-state index in [4.69, 9.17) is 5.73 Å². The predicted molar refractivity (Wildman–Crippen MR) is 65.5 cm³/mol. The number of nitrogens with zero attached hydrogens (tertiary/aromatic N) is 3. The summed E-state index contributed by atoms with van der Waals surface area (Å²) in [6.45, 7) is 2.79. The van der Waals surface area contributed by atoms with Crippen molar-refractivity contribution in [3.05, 3.63) is 28.3 Å². The van der Waals surface area contributed by atoms with Crippen LogP contribution in [0.25, 0.3) is 0 Å². The van der Waals surface area contributed by atoms with E-state index >= 15 is 0 Å². The van der Waals surface area contributed by atoms with Gasteiger partial charge in [-0.1, -0.05) is 0 Å². The van der Waals surface area contributed by atoms with Crippen LogP contribution >= 0.6 is 11.3 Å². The van der Waals surface area contributed by atoms with Crippen molar-refractivity contribution in [3.8, 4) is 0 Å². The van der Waals surface area contributed by atoms with Gasteiger partial charge >= 0.3 is 0 Å². The SMILES string of the molecule is Cc1csc(CCNc2ccnc(N)n2)n1. The molecule has 16 heavy (non-hydrogen) atoms. The fourth-order valence-corrected chi connectivity index (χ4v) is 2.06. The zero-order valence-corrected chi connectivity index (χ0v) is 9.79. The van der Waals surface area contributed by atoms with E-state index in [1.807, 2.05) is 6.92 Å². The van der Waals surface area contributed by atoms with Crippen molar-refractivity contribution in [1.82, 2.24) is 15.0 Å². The Bertz CT molecular complexity index is 468. The lowest BCUT2D eigenvalue weighted by Crippen LogP contribution is -2.07. The Hall–Kier alpha value is -1.69. The number of nitrogens with one attached hydrogen (secondary N) is 1. The Labute approximate surface area is 97.8 Å². The molecular formula is C10H13N5S. The highest BCUT2D eigenvalue weighted by Crippen LogP contribution is 2.09. The van der Waals surface area contributed by atoms with Gasteiger partial charge in [0.2, 0.25) is 5.95 Å². The second kappa shape index (κ2) is 4.89. The van der Waals surface area contributed by atoms with Gasteiger partial charge in [-0.05, 0) is 13.0 Å². The van der Waals surface area contributed by atoms with Crippen LogP contribution in [0.1, 0.15) is 10.7 Å². The lowest BCUT2D eigenvalue weighted by Gasteiger charge is -2.03. The fourth-order valence-electron chi connectivity index (χ4n) is 1.29. The first kappa shape index (κ1) is 10.8. The molecule has 0 aromatic carbocycles. The van der Waals surface area contributed by atoms with Gasteiger partial charge in [-0.25, -0.2) is 9.97 Å². The quantitative estimate of drug-likeness (QED) is 0.839. The molecule has 2 heterocycles. The summed E-state index contributed by atoms with van der Waals surface area (Å²) in [4.78, 5) is 12.3. The first-order valence-corrected chi connectivity index (χ1v) is 5.85. The molecule has 3 N–H and O–H groups in total. The Morgan fingerprint density at radius 2 is 2.31 bits per heavy atom. The molecule has 5 nitrogen and oxygen atoms in total. The smallest absolute Gasteiger partial charge is 0.221 e. The Kier molecular flexibility index (Phi) is 3.31. The molecule has 0 aliphatic carbocycles. The lowest BCUT2D eigenvalue weighted by molar-refractivity contribution is 0.975. The van der Waals surface area contributed by atoms with Crippen molar-refractivity contribution in [3.63, 3.8) is 0 Å². The highest BCUT2D eigenvalue weighted by atomic mass is 32.1. The van der Waals surface area contributed by atoms with Crippen LogP contribution in [-0.4, -0.2) is 21.5 Å². The van der Waals surface area contributed by atoms with Gasteiger partial charge in [-0.2, -0.15) is 4.98 Å². The highest BCUT2D eigenvalue weighted by molar-refractivity contribution is 7.09. The van der Waals surface area contributed by atoms with E-state index < -0.39 is 0 Å². The maximum Gasteiger partial charge on any atom is 0.221 e. The molecular weight excluding hydrogens is 222 g/mol. The molecule has 0 bridgehead atoms. The summed E-state index contributed by atoms with van der Waals surface area (Å²) in [6, 6.07) is 1.80. The number of rotatable bonds is 4. The average molecular weight is 235 g/mol. The summed E-state index contributed by atoms with van der Waals surface area (Å²) in [5.74, 6) is 1.04. The first-order chi connectivity index (χ1) is 7.74. The van der Waals surface area contributed by atoms with E-state index in [1.165, 1.54) is 0 Å². The minimum atomic E-state index is 0.287. The normalized spacial score (nSPS) is 10.3. The Morgan fingerprint density at radius 1 is 1.44 bits per heavy atom. The molecule has 0 aliphatic rings. The lowest BCUT2D eigenvalue weighted by atomic mass is 10.4. The number of aromatic nitrogens is 3. The fraction of sp³-hybridized carbons (Fsp3) is 0.300. The van der Waals surface area contributed by atoms with Crippen LogP contribution in [0, 0.1) is 6.92 Å². The summed E-state index contributed by atoms with van der Waals surface area (Å²) >= 11 is 1.68. The third-order valence-electron chi connectivity index (χ3n) is 1.99. The monoisotopic (exact) mass is 235 g/mol. The van der Waals surface area contributed by atoms with E-state index in [9.17, 15) is 0 Å². The van der Waals surface area contributed by atoms with Crippen LogP contribution < -0.4 is 11.1 Å². The zero-order chi connectivity index (χ0) is 11.4. The number of anilines is 2. The van der Waals surface area contributed by atoms with Crippen LogP contribution in [-0.2, 0) is 6.42 Å². The van der Waals surface area contributed by atoms with Crippen LogP contribution in [0.3, 0.4) is 0 Å². The number of nitrogens with two attached hydrogens (primary N) is 1. The van der Waals surface area contributed by atoms with Gasteiger partial charge in [0.25, 0.3) is 0 Å². The molecule has 0 spiro atoms. The van der Waals surface area contributed by atoms with Crippen LogP contribution in [0.4, 0.5) is 11.8 Å². The molecule has 0 atom stereocenters. The Balaban J connectivity index is 1.84. The third-order valence-corrected chi connectivity index (χ3v) is 3.01. The van der Waals surface area contributed by atoms with Crippen LogP contribution in [0.2, 0.25) is 0 Å². The molecule has 2 aromatic rings. The molecule has 0 radical (unpaired) electrons. The number of nitrogen functional groups attached to an aromatic ring is 1. The van der Waals surface area contributed by atoms with Crippen LogP contribution in [0.5, 0.6) is 0 Å². The van der Waals surface area contributed by atoms with E-state index in [1.54, 1.807) is 23.6 Å². The highest BCUT2D eigenvalue weighted by Gasteiger charge is 1.99. The predicted octanol–water partition coefficient (Wildman–Crippen LogP) is 1.48. The van der Waals surface area contributed by atoms with Crippen molar-refractivity contribution in [2.45, 2.75) is 13.3 Å². The van der Waals surface area contributed by atoms with Crippen molar-refractivity contribution >= 4 is 23.1 Å². The topological polar surface area (TPSA) is 76.7 Å². The minimum absolute atomic E-state index is 0.287. The molecule has 0 aliphatic heterocycles. The van der Waals surface area contributed by atoms with Gasteiger partial charge in [0.15, 0.2) is 0 Å². The number of aryl methyl sites for hydroxylation is 1. The van der Waals surface area contributed by atoms with Crippen LogP contribution in [0.15, 0.2) is 17.6 Å². The van der Waals surface area contributed by atoms with Crippen molar-refractivity contribution in [1.29, 1.82) is 0 Å². The van der Waals surface area contributed by atoms with Gasteiger partial charge in [-0.3, -0.25) is 0 Å². The van der Waals surface area contributed by atoms with Gasteiger partial charge in [-0.15, -0.1) is 11.3 Å². The minimum Gasteiger partial charge on any atom is -0.369 e. The Morgan fingerprint density at radius 3 is 3.00 bits per heavy atom. The summed E-state index contributed by atoms with van der Waals surface area (Å²) in [7, 11) is 0. The van der Waals surface area contributed by atoms with Gasteiger partial charge in [0, 0.05) is 30.2 Å². The second-order valence-electron chi connectivity index (χ2n) is 3.36. The number of thiazole rings is 1. The average Bonchev–Trinajstić information content (AvgIpc) is 2.64. The summed E-state index contributed by atoms with van der Waals surface area (Å²) < 4.78 is 0. The van der Waals surface area contributed by atoms with Gasteiger partial charge < -0.3 is 11.1 Å². The zero-order valence-electron chi connectivity index (χ0n) is 8.97. The standard InChI is InChI=1S/C10H13N5S/c1-7-6-16-9(14-7)3-5-12-8-2-4-13-10(11)15-8/h2,4,6H,3,5H2,1H3,(H3,11,12,13,15). The number of hydrogen-bond acceptors (Lipinski definition) is 6. The molecule has 0 fully saturated rings. The van der Waals surface area contributed by atoms with Gasteiger partial charge in [0.1, 0.15) is 5.82 Å². The maximum absolute atomic E-state index is 5.47. The van der Waals surface area contributed by atoms with E-state index in [0.717, 1.165) is 29.5 Å². The second-order valence-corrected chi connectivity index (χ2v) is 4.30. The number of hydrogen-bond donors (Lipinski definition) is 2. The van der Waals surface area contributed by atoms with Crippen molar-refractivity contribution in [2.75, 3.05) is 17.6 Å². The molecule has 0 saturated carbocycles. The van der Waals surface area contributed by atoms with E-state index in [-0.39, 0.29) is 5.95 Å². The molecule has 0 saturated heterocycles. The molecule has 2 aromatic heterocycles. The van der Waals surface area contributed by atoms with E-state index in [2.05, 4.69) is 25.6 Å². The summed E-state index contributed by atoms with van der Waals surface area (Å²) in [5.41, 5.74) is 6.55. The van der Waals surface area contributed by atoms with E-state index in [0.29, 0.717) is 0 Å². The van der Waals surface area contributed by atoms with Gasteiger partial charge in [0.05, 0.1) is 5.01 Å². The molecule has 0 unspecified atom stereocenters. The maximum atomic E-state index is 5.47. The molecule has 2 rings (SSSR count). The first-order valence-electron chi connectivity index (χ1n) is 4.97. The summed E-state index contributed by atoms with van der Waals surface area (Å²) in [6.07, 6.45) is 2.53. The molecule has 0 amide bonds. The largest absolute Gasteiger partial charge is 0.369 e. The summed E-state index contributed by atoms with van der Waals surface area (Å²) in [5, 5.41) is 6.36. The van der Waals surface area contributed by atoms with Crippen molar-refractivity contribution < 1.29 is 0 Å². The third kappa shape index (κ3) is 2.90. The molecule has 6 heteroatoms. The molecule has 84 valence electrons. The van der Waals surface area contributed by atoms with Crippen molar-refractivity contribution in [2.24, 2.45) is 0 Å².